The van der Waals surface area contributed by atoms with Gasteiger partial charge in [0.05, 0.1) is 5.52 Å². The molecule has 7 heteroatoms. The van der Waals surface area contributed by atoms with Crippen LogP contribution in [0.2, 0.25) is 0 Å². The fourth-order valence-electron chi connectivity index (χ4n) is 2.56. The first-order chi connectivity index (χ1) is 11.4. The molecule has 0 saturated carbocycles. The van der Waals surface area contributed by atoms with Gasteiger partial charge in [-0.2, -0.15) is 0 Å². The SMILES string of the molecule is CCn1cc(C(=O)O)c(=O)c2cc(F)ccc21.CN1CCNCC1. The van der Waals surface area contributed by atoms with Crippen molar-refractivity contribution in [2.75, 3.05) is 33.2 Å². The monoisotopic (exact) mass is 335 g/mol. The highest BCUT2D eigenvalue weighted by Crippen LogP contribution is 2.13. The van der Waals surface area contributed by atoms with Crippen LogP contribution in [0.5, 0.6) is 0 Å². The summed E-state index contributed by atoms with van der Waals surface area (Å²) < 4.78 is 14.7. The maximum Gasteiger partial charge on any atom is 0.341 e. The Morgan fingerprint density at radius 2 is 2.00 bits per heavy atom. The number of aromatic nitrogens is 1. The van der Waals surface area contributed by atoms with Crippen LogP contribution in [0.3, 0.4) is 0 Å². The smallest absolute Gasteiger partial charge is 0.341 e. The molecule has 0 radical (unpaired) electrons. The van der Waals surface area contributed by atoms with Crippen molar-refractivity contribution < 1.29 is 14.3 Å². The average Bonchev–Trinajstić information content (AvgIpc) is 2.56. The summed E-state index contributed by atoms with van der Waals surface area (Å²) in [5.41, 5.74) is -0.467. The van der Waals surface area contributed by atoms with Crippen LogP contribution >= 0.6 is 0 Å². The first-order valence-electron chi connectivity index (χ1n) is 7.89. The van der Waals surface area contributed by atoms with Gasteiger partial charge in [0.25, 0.3) is 0 Å². The predicted octanol–water partition coefficient (Wildman–Crippen LogP) is 1.38. The number of aromatic carboxylic acids is 1. The molecule has 0 aliphatic carbocycles. The van der Waals surface area contributed by atoms with Crippen molar-refractivity contribution >= 4 is 16.9 Å². The highest BCUT2D eigenvalue weighted by Gasteiger charge is 2.14. The standard InChI is InChI=1S/C12H10FNO3.C5H12N2/c1-2-14-6-9(12(16)17)11(15)8-5-7(13)3-4-10(8)14;1-7-4-2-6-3-5-7/h3-6H,2H2,1H3,(H,16,17);6H,2-5H2,1H3. The number of carbonyl (C=O) groups is 1. The minimum absolute atomic E-state index is 0.0896. The van der Waals surface area contributed by atoms with E-state index in [1.54, 1.807) is 4.57 Å². The van der Waals surface area contributed by atoms with E-state index in [9.17, 15) is 14.0 Å². The van der Waals surface area contributed by atoms with E-state index in [0.29, 0.717) is 12.1 Å². The minimum atomic E-state index is -1.30. The maximum atomic E-state index is 13.1. The Hall–Kier alpha value is -2.25. The van der Waals surface area contributed by atoms with Gasteiger partial charge in [0.2, 0.25) is 5.43 Å². The van der Waals surface area contributed by atoms with E-state index in [0.717, 1.165) is 19.2 Å². The number of likely N-dealkylation sites (N-methyl/N-ethyl adjacent to an activating group) is 1. The van der Waals surface area contributed by atoms with Gasteiger partial charge in [0, 0.05) is 44.3 Å². The summed E-state index contributed by atoms with van der Waals surface area (Å²) in [6, 6.07) is 3.78. The number of nitrogens with zero attached hydrogens (tertiary/aromatic N) is 2. The van der Waals surface area contributed by atoms with Crippen LogP contribution in [-0.4, -0.2) is 53.8 Å². The third kappa shape index (κ3) is 4.18. The molecule has 6 nitrogen and oxygen atoms in total. The molecule has 1 fully saturated rings. The molecule has 0 amide bonds. The topological polar surface area (TPSA) is 74.6 Å². The number of hydrogen-bond donors (Lipinski definition) is 2. The van der Waals surface area contributed by atoms with E-state index >= 15 is 0 Å². The molecule has 2 N–H and O–H groups in total. The van der Waals surface area contributed by atoms with E-state index in [1.165, 1.54) is 31.4 Å². The van der Waals surface area contributed by atoms with E-state index < -0.39 is 17.2 Å². The largest absolute Gasteiger partial charge is 0.477 e. The molecule has 130 valence electrons. The van der Waals surface area contributed by atoms with E-state index in [4.69, 9.17) is 5.11 Å². The van der Waals surface area contributed by atoms with E-state index in [-0.39, 0.29) is 10.9 Å². The third-order valence-electron chi connectivity index (χ3n) is 3.95. The summed E-state index contributed by atoms with van der Waals surface area (Å²) in [6.45, 7) is 7.06. The van der Waals surface area contributed by atoms with Crippen molar-refractivity contribution in [2.24, 2.45) is 0 Å². The highest BCUT2D eigenvalue weighted by molar-refractivity contribution is 5.92. The van der Waals surface area contributed by atoms with Crippen molar-refractivity contribution in [3.05, 3.63) is 46.0 Å². The van der Waals surface area contributed by atoms with Crippen molar-refractivity contribution in [1.82, 2.24) is 14.8 Å². The molecular formula is C17H22FN3O3. The van der Waals surface area contributed by atoms with Crippen LogP contribution in [0, 0.1) is 5.82 Å². The van der Waals surface area contributed by atoms with Crippen LogP contribution in [-0.2, 0) is 6.54 Å². The van der Waals surface area contributed by atoms with Crippen LogP contribution < -0.4 is 10.7 Å². The lowest BCUT2D eigenvalue weighted by atomic mass is 10.1. The highest BCUT2D eigenvalue weighted by atomic mass is 19.1. The lowest BCUT2D eigenvalue weighted by molar-refractivity contribution is 0.0695. The number of piperazine rings is 1. The molecular weight excluding hydrogens is 313 g/mol. The summed E-state index contributed by atoms with van der Waals surface area (Å²) in [5, 5.41) is 12.3. The number of hydrogen-bond acceptors (Lipinski definition) is 4. The fraction of sp³-hybridized carbons (Fsp3) is 0.412. The van der Waals surface area contributed by atoms with Crippen LogP contribution in [0.25, 0.3) is 10.9 Å². The summed E-state index contributed by atoms with van der Waals surface area (Å²) in [6.07, 6.45) is 1.28. The van der Waals surface area contributed by atoms with Gasteiger partial charge < -0.3 is 19.9 Å². The Morgan fingerprint density at radius 1 is 1.33 bits per heavy atom. The van der Waals surface area contributed by atoms with Gasteiger partial charge in [0.1, 0.15) is 11.4 Å². The molecule has 2 heterocycles. The summed E-state index contributed by atoms with van der Waals surface area (Å²) in [7, 11) is 2.15. The number of halogens is 1. The fourth-order valence-corrected chi connectivity index (χ4v) is 2.56. The molecule has 1 aromatic carbocycles. The molecule has 0 atom stereocenters. The third-order valence-corrected chi connectivity index (χ3v) is 3.95. The Kier molecular flexibility index (Phi) is 6.05. The Balaban J connectivity index is 0.000000249. The number of carboxylic acids is 1. The Morgan fingerprint density at radius 3 is 2.50 bits per heavy atom. The van der Waals surface area contributed by atoms with Gasteiger partial charge in [-0.15, -0.1) is 0 Å². The number of carboxylic acid groups (broad SMARTS) is 1. The van der Waals surface area contributed by atoms with Crippen molar-refractivity contribution in [3.8, 4) is 0 Å². The zero-order valence-electron chi connectivity index (χ0n) is 13.9. The minimum Gasteiger partial charge on any atom is -0.477 e. The molecule has 1 aromatic heterocycles. The summed E-state index contributed by atoms with van der Waals surface area (Å²) in [4.78, 5) is 25.1. The molecule has 2 aromatic rings. The maximum absolute atomic E-state index is 13.1. The Labute approximate surface area is 139 Å². The van der Waals surface area contributed by atoms with Crippen LogP contribution in [0.15, 0.2) is 29.2 Å². The van der Waals surface area contributed by atoms with Crippen molar-refractivity contribution in [1.29, 1.82) is 0 Å². The second-order valence-electron chi connectivity index (χ2n) is 5.68. The average molecular weight is 335 g/mol. The zero-order chi connectivity index (χ0) is 17.7. The number of rotatable bonds is 2. The normalized spacial score (nSPS) is 15.0. The Bertz CT molecular complexity index is 782. The van der Waals surface area contributed by atoms with E-state index in [2.05, 4.69) is 17.3 Å². The number of pyridine rings is 1. The number of fused-ring (bicyclic) bond motifs is 1. The zero-order valence-corrected chi connectivity index (χ0v) is 13.9. The van der Waals surface area contributed by atoms with Gasteiger partial charge in [-0.3, -0.25) is 4.79 Å². The molecule has 3 rings (SSSR count). The lowest BCUT2D eigenvalue weighted by Crippen LogP contribution is -2.40. The first kappa shape index (κ1) is 18.1. The van der Waals surface area contributed by atoms with Gasteiger partial charge in [0.15, 0.2) is 0 Å². The van der Waals surface area contributed by atoms with E-state index in [1.807, 2.05) is 6.92 Å². The van der Waals surface area contributed by atoms with Crippen molar-refractivity contribution in [2.45, 2.75) is 13.5 Å². The summed E-state index contributed by atoms with van der Waals surface area (Å²) >= 11 is 0. The van der Waals surface area contributed by atoms with Gasteiger partial charge >= 0.3 is 5.97 Å². The number of benzene rings is 1. The molecule has 1 aliphatic heterocycles. The van der Waals surface area contributed by atoms with Gasteiger partial charge in [-0.25, -0.2) is 9.18 Å². The summed E-state index contributed by atoms with van der Waals surface area (Å²) in [5.74, 6) is -1.86. The molecule has 0 bridgehead atoms. The molecule has 1 saturated heterocycles. The molecule has 1 aliphatic rings. The lowest BCUT2D eigenvalue weighted by Gasteiger charge is -2.21. The molecule has 0 unspecified atom stereocenters. The van der Waals surface area contributed by atoms with Gasteiger partial charge in [-0.1, -0.05) is 0 Å². The van der Waals surface area contributed by atoms with Crippen molar-refractivity contribution in [3.63, 3.8) is 0 Å². The quantitative estimate of drug-likeness (QED) is 0.867. The van der Waals surface area contributed by atoms with Crippen LogP contribution in [0.1, 0.15) is 17.3 Å². The first-order valence-corrected chi connectivity index (χ1v) is 7.89. The molecule has 0 spiro atoms. The van der Waals surface area contributed by atoms with Gasteiger partial charge in [-0.05, 0) is 32.2 Å². The van der Waals surface area contributed by atoms with Crippen LogP contribution in [0.4, 0.5) is 4.39 Å². The number of nitrogens with one attached hydrogen (secondary N) is 1. The number of aryl methyl sites for hydroxylation is 1. The second-order valence-corrected chi connectivity index (χ2v) is 5.68. The molecule has 24 heavy (non-hydrogen) atoms. The predicted molar refractivity (Wildman–Crippen MR) is 91.2 cm³/mol. The second kappa shape index (κ2) is 8.03.